The lowest BCUT2D eigenvalue weighted by Crippen LogP contribution is -2.54. The Bertz CT molecular complexity index is 626. The SMILES string of the molecule is CC(C)CC(N)C(=O)NCC(=O)NC(CS)C(=O)NC(CCCN=C(N)N)C(=O)O. The van der Waals surface area contributed by atoms with Gasteiger partial charge in [-0.15, -0.1) is 0 Å². The molecule has 0 fully saturated rings. The monoisotopic (exact) mass is 447 g/mol. The van der Waals surface area contributed by atoms with Gasteiger partial charge >= 0.3 is 5.97 Å². The maximum atomic E-state index is 12.3. The lowest BCUT2D eigenvalue weighted by atomic mass is 10.0. The number of nitrogens with zero attached hydrogens (tertiary/aromatic N) is 1. The van der Waals surface area contributed by atoms with Crippen molar-refractivity contribution in [1.29, 1.82) is 0 Å². The largest absolute Gasteiger partial charge is 0.480 e. The van der Waals surface area contributed by atoms with E-state index >= 15 is 0 Å². The van der Waals surface area contributed by atoms with E-state index in [9.17, 15) is 24.3 Å². The quantitative estimate of drug-likeness (QED) is 0.0615. The van der Waals surface area contributed by atoms with Crippen LogP contribution in [0.2, 0.25) is 0 Å². The van der Waals surface area contributed by atoms with Crippen LogP contribution >= 0.6 is 12.6 Å². The molecule has 0 rings (SSSR count). The lowest BCUT2D eigenvalue weighted by Gasteiger charge is -2.20. The van der Waals surface area contributed by atoms with Gasteiger partial charge in [0.15, 0.2) is 5.96 Å². The number of amides is 3. The van der Waals surface area contributed by atoms with Gasteiger partial charge in [0.05, 0.1) is 12.6 Å². The molecule has 0 spiro atoms. The van der Waals surface area contributed by atoms with Gasteiger partial charge in [-0.25, -0.2) is 4.79 Å². The highest BCUT2D eigenvalue weighted by Crippen LogP contribution is 2.02. The number of aliphatic imine (C=N–C) groups is 1. The number of carbonyl (C=O) groups excluding carboxylic acids is 3. The molecule has 0 aliphatic rings. The fraction of sp³-hybridized carbons (Fsp3) is 0.706. The molecular formula is C17H33N7O5S. The number of nitrogens with one attached hydrogen (secondary N) is 3. The average Bonchev–Trinajstić information content (AvgIpc) is 2.65. The molecule has 3 atom stereocenters. The first-order valence-electron chi connectivity index (χ1n) is 9.50. The minimum Gasteiger partial charge on any atom is -0.480 e. The van der Waals surface area contributed by atoms with E-state index < -0.39 is 41.8 Å². The van der Waals surface area contributed by atoms with Gasteiger partial charge in [-0.2, -0.15) is 12.6 Å². The molecule has 0 bridgehead atoms. The number of nitrogens with two attached hydrogens (primary N) is 3. The van der Waals surface area contributed by atoms with Gasteiger partial charge in [-0.3, -0.25) is 19.4 Å². The van der Waals surface area contributed by atoms with E-state index in [0.29, 0.717) is 12.8 Å². The van der Waals surface area contributed by atoms with Gasteiger partial charge in [0.2, 0.25) is 17.7 Å². The third-order valence-corrected chi connectivity index (χ3v) is 4.24. The summed E-state index contributed by atoms with van der Waals surface area (Å²) in [5.41, 5.74) is 16.1. The summed E-state index contributed by atoms with van der Waals surface area (Å²) in [5, 5.41) is 16.4. The summed E-state index contributed by atoms with van der Waals surface area (Å²) < 4.78 is 0. The second-order valence-corrected chi connectivity index (χ2v) is 7.47. The summed E-state index contributed by atoms with van der Waals surface area (Å²) in [7, 11) is 0. The maximum absolute atomic E-state index is 12.3. The van der Waals surface area contributed by atoms with Gasteiger partial charge in [-0.05, 0) is 25.2 Å². The second-order valence-electron chi connectivity index (χ2n) is 7.10. The average molecular weight is 448 g/mol. The van der Waals surface area contributed by atoms with E-state index in [1.165, 1.54) is 0 Å². The number of carboxylic acids is 1. The van der Waals surface area contributed by atoms with Crippen molar-refractivity contribution in [1.82, 2.24) is 16.0 Å². The van der Waals surface area contributed by atoms with Crippen molar-refractivity contribution in [2.45, 2.75) is 51.2 Å². The lowest BCUT2D eigenvalue weighted by molar-refractivity contribution is -0.142. The summed E-state index contributed by atoms with van der Waals surface area (Å²) in [5.74, 6) is -3.01. The molecule has 0 heterocycles. The topological polar surface area (TPSA) is 215 Å². The minimum absolute atomic E-state index is 0.0707. The number of carboxylic acid groups (broad SMARTS) is 1. The summed E-state index contributed by atoms with van der Waals surface area (Å²) >= 11 is 4.02. The van der Waals surface area contributed by atoms with Crippen LogP contribution in [-0.2, 0) is 19.2 Å². The van der Waals surface area contributed by atoms with Crippen LogP contribution in [0.25, 0.3) is 0 Å². The highest BCUT2D eigenvalue weighted by Gasteiger charge is 2.25. The van der Waals surface area contributed by atoms with E-state index in [2.05, 4.69) is 33.6 Å². The van der Waals surface area contributed by atoms with Crippen LogP contribution in [0, 0.1) is 5.92 Å². The van der Waals surface area contributed by atoms with Crippen molar-refractivity contribution < 1.29 is 24.3 Å². The summed E-state index contributed by atoms with van der Waals surface area (Å²) in [4.78, 5) is 51.3. The van der Waals surface area contributed by atoms with Crippen molar-refractivity contribution in [3.63, 3.8) is 0 Å². The Morgan fingerprint density at radius 1 is 1.07 bits per heavy atom. The summed E-state index contributed by atoms with van der Waals surface area (Å²) in [6.45, 7) is 3.68. The molecular weight excluding hydrogens is 414 g/mol. The van der Waals surface area contributed by atoms with Crippen LogP contribution in [0.1, 0.15) is 33.1 Å². The Morgan fingerprint density at radius 3 is 2.20 bits per heavy atom. The van der Waals surface area contributed by atoms with Crippen molar-refractivity contribution in [2.75, 3.05) is 18.8 Å². The minimum atomic E-state index is -1.23. The molecule has 0 aromatic heterocycles. The number of guanidine groups is 1. The molecule has 0 radical (unpaired) electrons. The normalized spacial score (nSPS) is 13.6. The standard InChI is InChI=1S/C17H33N7O5S/c1-9(2)6-10(18)14(26)22-7-13(25)23-12(8-30)15(27)24-11(16(28)29)4-3-5-21-17(19)20/h9-12,30H,3-8,18H2,1-2H3,(H,22,26)(H,23,25)(H,24,27)(H,28,29)(H4,19,20,21). The maximum Gasteiger partial charge on any atom is 0.326 e. The van der Waals surface area contributed by atoms with Crippen molar-refractivity contribution >= 4 is 42.3 Å². The summed E-state index contributed by atoms with van der Waals surface area (Å²) in [6.07, 6.45) is 0.888. The number of thiol groups is 1. The molecule has 0 aliphatic heterocycles. The van der Waals surface area contributed by atoms with Crippen LogP contribution in [-0.4, -0.2) is 71.7 Å². The number of rotatable bonds is 14. The molecule has 10 N–H and O–H groups in total. The Kier molecular flexibility index (Phi) is 13.2. The van der Waals surface area contributed by atoms with Crippen molar-refractivity contribution in [3.05, 3.63) is 0 Å². The molecule has 0 aromatic rings. The Balaban J connectivity index is 4.62. The van der Waals surface area contributed by atoms with Crippen molar-refractivity contribution in [2.24, 2.45) is 28.1 Å². The van der Waals surface area contributed by atoms with Gasteiger partial charge in [0.1, 0.15) is 12.1 Å². The summed E-state index contributed by atoms with van der Waals surface area (Å²) in [6, 6.07) is -3.00. The molecule has 0 saturated carbocycles. The predicted molar refractivity (Wildman–Crippen MR) is 116 cm³/mol. The first-order chi connectivity index (χ1) is 14.0. The zero-order valence-corrected chi connectivity index (χ0v) is 18.2. The molecule has 12 nitrogen and oxygen atoms in total. The van der Waals surface area contributed by atoms with Gasteiger partial charge < -0.3 is 38.3 Å². The third-order valence-electron chi connectivity index (χ3n) is 3.88. The Hall–Kier alpha value is -2.54. The number of hydrogen-bond donors (Lipinski definition) is 8. The highest BCUT2D eigenvalue weighted by molar-refractivity contribution is 7.80. The van der Waals surface area contributed by atoms with Crippen molar-refractivity contribution in [3.8, 4) is 0 Å². The molecule has 30 heavy (non-hydrogen) atoms. The van der Waals surface area contributed by atoms with Gasteiger partial charge in [0, 0.05) is 12.3 Å². The fourth-order valence-corrected chi connectivity index (χ4v) is 2.64. The van der Waals surface area contributed by atoms with E-state index in [0.717, 1.165) is 0 Å². The number of aliphatic carboxylic acids is 1. The molecule has 172 valence electrons. The van der Waals surface area contributed by atoms with E-state index in [1.54, 1.807) is 0 Å². The van der Waals surface area contributed by atoms with Crippen LogP contribution in [0.5, 0.6) is 0 Å². The molecule has 13 heteroatoms. The molecule has 0 saturated heterocycles. The second kappa shape index (κ2) is 14.4. The van der Waals surface area contributed by atoms with Crippen LogP contribution in [0.3, 0.4) is 0 Å². The van der Waals surface area contributed by atoms with Gasteiger partial charge in [-0.1, -0.05) is 13.8 Å². The van der Waals surface area contributed by atoms with E-state index in [1.807, 2.05) is 13.8 Å². The zero-order chi connectivity index (χ0) is 23.3. The molecule has 3 amide bonds. The number of carbonyl (C=O) groups is 4. The van der Waals surface area contributed by atoms with E-state index in [-0.39, 0.29) is 37.1 Å². The zero-order valence-electron chi connectivity index (χ0n) is 17.3. The fourth-order valence-electron chi connectivity index (χ4n) is 2.39. The van der Waals surface area contributed by atoms with Gasteiger partial charge in [0.25, 0.3) is 0 Å². The van der Waals surface area contributed by atoms with Crippen LogP contribution in [0.15, 0.2) is 4.99 Å². The van der Waals surface area contributed by atoms with Crippen LogP contribution in [0.4, 0.5) is 0 Å². The third kappa shape index (κ3) is 12.1. The van der Waals surface area contributed by atoms with E-state index in [4.69, 9.17) is 17.2 Å². The Morgan fingerprint density at radius 2 is 1.70 bits per heavy atom. The highest BCUT2D eigenvalue weighted by atomic mass is 32.1. The smallest absolute Gasteiger partial charge is 0.326 e. The first-order valence-corrected chi connectivity index (χ1v) is 10.1. The number of hydrogen-bond acceptors (Lipinski definition) is 7. The Labute approximate surface area is 181 Å². The molecule has 0 aliphatic carbocycles. The molecule has 0 aromatic carbocycles. The first kappa shape index (κ1) is 27.5. The predicted octanol–water partition coefficient (Wildman–Crippen LogP) is -2.49. The van der Waals surface area contributed by atoms with Crippen LogP contribution < -0.4 is 33.2 Å². The molecule has 3 unspecified atom stereocenters.